The normalized spacial score (nSPS) is 12.0. The van der Waals surface area contributed by atoms with Gasteiger partial charge in [-0.05, 0) is 25.5 Å². The molecule has 0 saturated heterocycles. The van der Waals surface area contributed by atoms with Crippen LogP contribution in [0.4, 0.5) is 0 Å². The third kappa shape index (κ3) is 3.40. The fraction of sp³-hybridized carbons (Fsp3) is 0.154. The number of carbonyl (C=O) groups excluding carboxylic acids is 1. The molecule has 0 bridgehead atoms. The van der Waals surface area contributed by atoms with Gasteiger partial charge in [0.05, 0.1) is 0 Å². The van der Waals surface area contributed by atoms with Crippen molar-refractivity contribution >= 4 is 12.4 Å². The Morgan fingerprint density at radius 3 is 2.79 bits per heavy atom. The van der Waals surface area contributed by atoms with Crippen LogP contribution < -0.4 is 0 Å². The number of hydrogen-bond donors (Lipinski definition) is 0. The molecule has 0 aliphatic carbocycles. The fourth-order valence-electron chi connectivity index (χ4n) is 1.26. The molecule has 0 spiro atoms. The summed E-state index contributed by atoms with van der Waals surface area (Å²) < 4.78 is 0. The van der Waals surface area contributed by atoms with Gasteiger partial charge in [-0.15, -0.1) is 0 Å². The van der Waals surface area contributed by atoms with E-state index in [1.165, 1.54) is 11.6 Å². The SMILES string of the molecule is CC(/C=C/C=O)=C\c1cccc(C)c1. The van der Waals surface area contributed by atoms with Crippen LogP contribution in [0.5, 0.6) is 0 Å². The number of aldehydes is 1. The molecule has 1 nitrogen and oxygen atoms in total. The second-order valence-corrected chi connectivity index (χ2v) is 3.30. The summed E-state index contributed by atoms with van der Waals surface area (Å²) in [5.41, 5.74) is 3.48. The van der Waals surface area contributed by atoms with Gasteiger partial charge >= 0.3 is 0 Å². The lowest BCUT2D eigenvalue weighted by Crippen LogP contribution is -1.76. The van der Waals surface area contributed by atoms with Gasteiger partial charge < -0.3 is 0 Å². The predicted octanol–water partition coefficient (Wildman–Crippen LogP) is 3.15. The molecule has 1 rings (SSSR count). The lowest BCUT2D eigenvalue weighted by atomic mass is 10.1. The van der Waals surface area contributed by atoms with E-state index in [1.54, 1.807) is 6.08 Å². The van der Waals surface area contributed by atoms with Crippen molar-refractivity contribution in [3.8, 4) is 0 Å². The van der Waals surface area contributed by atoms with Gasteiger partial charge in [-0.3, -0.25) is 4.79 Å². The van der Waals surface area contributed by atoms with Gasteiger partial charge in [0.25, 0.3) is 0 Å². The maximum atomic E-state index is 10.1. The van der Waals surface area contributed by atoms with Gasteiger partial charge in [-0.1, -0.05) is 47.6 Å². The Balaban J connectivity index is 2.85. The second-order valence-electron chi connectivity index (χ2n) is 3.30. The van der Waals surface area contributed by atoms with Crippen LogP contribution >= 0.6 is 0 Å². The molecule has 0 aliphatic heterocycles. The molecule has 0 aromatic heterocycles. The Hall–Kier alpha value is -1.63. The molecule has 0 fully saturated rings. The zero-order chi connectivity index (χ0) is 10.4. The summed E-state index contributed by atoms with van der Waals surface area (Å²) in [4.78, 5) is 10.1. The van der Waals surface area contributed by atoms with Gasteiger partial charge in [-0.2, -0.15) is 0 Å². The zero-order valence-electron chi connectivity index (χ0n) is 8.53. The average molecular weight is 186 g/mol. The van der Waals surface area contributed by atoms with Crippen LogP contribution in [0.2, 0.25) is 0 Å². The highest BCUT2D eigenvalue weighted by molar-refractivity contribution is 5.67. The van der Waals surface area contributed by atoms with Gasteiger partial charge in [0.1, 0.15) is 6.29 Å². The first-order valence-corrected chi connectivity index (χ1v) is 4.59. The predicted molar refractivity (Wildman–Crippen MR) is 60.0 cm³/mol. The van der Waals surface area contributed by atoms with Crippen LogP contribution in [0.25, 0.3) is 6.08 Å². The Bertz CT molecular complexity index is 373. The van der Waals surface area contributed by atoms with Crippen LogP contribution in [-0.2, 0) is 4.79 Å². The lowest BCUT2D eigenvalue weighted by Gasteiger charge is -1.96. The number of carbonyl (C=O) groups is 1. The zero-order valence-corrected chi connectivity index (χ0v) is 8.53. The number of hydrogen-bond acceptors (Lipinski definition) is 1. The molecule has 1 aromatic carbocycles. The summed E-state index contributed by atoms with van der Waals surface area (Å²) >= 11 is 0. The van der Waals surface area contributed by atoms with Gasteiger partial charge in [0.2, 0.25) is 0 Å². The minimum atomic E-state index is 0.785. The monoisotopic (exact) mass is 186 g/mol. The highest BCUT2D eigenvalue weighted by Gasteiger charge is 1.88. The van der Waals surface area contributed by atoms with E-state index < -0.39 is 0 Å². The standard InChI is InChI=1S/C13H14O/c1-11-5-3-7-13(9-11)10-12(2)6-4-8-14/h3-10H,1-2H3/b6-4+,12-10+. The van der Waals surface area contributed by atoms with E-state index in [9.17, 15) is 4.79 Å². The molecule has 0 heterocycles. The van der Waals surface area contributed by atoms with E-state index in [4.69, 9.17) is 0 Å². The van der Waals surface area contributed by atoms with Gasteiger partial charge in [0, 0.05) is 0 Å². The van der Waals surface area contributed by atoms with Crippen molar-refractivity contribution in [1.29, 1.82) is 0 Å². The summed E-state index contributed by atoms with van der Waals surface area (Å²) in [5, 5.41) is 0. The first-order valence-electron chi connectivity index (χ1n) is 4.59. The average Bonchev–Trinajstić information content (AvgIpc) is 2.15. The molecule has 1 aromatic rings. The van der Waals surface area contributed by atoms with Crippen molar-refractivity contribution in [2.24, 2.45) is 0 Å². The number of allylic oxidation sites excluding steroid dienone is 3. The fourth-order valence-corrected chi connectivity index (χ4v) is 1.26. The summed E-state index contributed by atoms with van der Waals surface area (Å²) in [6.45, 7) is 4.04. The van der Waals surface area contributed by atoms with Gasteiger partial charge in [-0.25, -0.2) is 0 Å². The summed E-state index contributed by atoms with van der Waals surface area (Å²) in [6.07, 6.45) is 6.14. The van der Waals surface area contributed by atoms with E-state index in [-0.39, 0.29) is 0 Å². The van der Waals surface area contributed by atoms with Gasteiger partial charge in [0.15, 0.2) is 0 Å². The quantitative estimate of drug-likeness (QED) is 0.402. The molecule has 0 amide bonds. The topological polar surface area (TPSA) is 17.1 Å². The van der Waals surface area contributed by atoms with Crippen molar-refractivity contribution in [2.75, 3.05) is 0 Å². The second kappa shape index (κ2) is 5.18. The Morgan fingerprint density at radius 2 is 2.14 bits per heavy atom. The Morgan fingerprint density at radius 1 is 1.36 bits per heavy atom. The van der Waals surface area contributed by atoms with Crippen LogP contribution in [0, 0.1) is 6.92 Å². The minimum Gasteiger partial charge on any atom is -0.299 e. The Kier molecular flexibility index (Phi) is 3.86. The van der Waals surface area contributed by atoms with Crippen LogP contribution in [0.1, 0.15) is 18.1 Å². The molecule has 0 N–H and O–H groups in total. The number of aryl methyl sites for hydroxylation is 1. The Labute approximate surface area is 84.8 Å². The van der Waals surface area contributed by atoms with E-state index in [0.717, 1.165) is 17.4 Å². The molecule has 0 radical (unpaired) electrons. The molecule has 0 saturated carbocycles. The van der Waals surface area contributed by atoms with Crippen LogP contribution in [0.15, 0.2) is 42.0 Å². The molecule has 14 heavy (non-hydrogen) atoms. The van der Waals surface area contributed by atoms with Crippen molar-refractivity contribution < 1.29 is 4.79 Å². The third-order valence-corrected chi connectivity index (χ3v) is 1.87. The molecular formula is C13H14O. The minimum absolute atomic E-state index is 0.785. The maximum absolute atomic E-state index is 10.1. The smallest absolute Gasteiger partial charge is 0.142 e. The van der Waals surface area contributed by atoms with Crippen molar-refractivity contribution in [2.45, 2.75) is 13.8 Å². The number of benzene rings is 1. The molecule has 0 unspecified atom stereocenters. The highest BCUT2D eigenvalue weighted by atomic mass is 16.1. The highest BCUT2D eigenvalue weighted by Crippen LogP contribution is 2.09. The van der Waals surface area contributed by atoms with Crippen molar-refractivity contribution in [1.82, 2.24) is 0 Å². The third-order valence-electron chi connectivity index (χ3n) is 1.87. The summed E-state index contributed by atoms with van der Waals surface area (Å²) in [7, 11) is 0. The first kappa shape index (κ1) is 10.5. The van der Waals surface area contributed by atoms with Crippen molar-refractivity contribution in [3.63, 3.8) is 0 Å². The van der Waals surface area contributed by atoms with E-state index >= 15 is 0 Å². The largest absolute Gasteiger partial charge is 0.299 e. The molecule has 72 valence electrons. The maximum Gasteiger partial charge on any atom is 0.142 e. The summed E-state index contributed by atoms with van der Waals surface area (Å²) in [6, 6.07) is 8.25. The van der Waals surface area contributed by atoms with Crippen molar-refractivity contribution in [3.05, 3.63) is 53.1 Å². The molecule has 0 atom stereocenters. The molecule has 0 aliphatic rings. The number of rotatable bonds is 3. The molecule has 1 heteroatoms. The van der Waals surface area contributed by atoms with E-state index in [0.29, 0.717) is 0 Å². The molecular weight excluding hydrogens is 172 g/mol. The van der Waals surface area contributed by atoms with E-state index in [1.807, 2.05) is 25.1 Å². The lowest BCUT2D eigenvalue weighted by molar-refractivity contribution is -0.104. The first-order chi connectivity index (χ1) is 6.72. The van der Waals surface area contributed by atoms with Crippen LogP contribution in [-0.4, -0.2) is 6.29 Å². The summed E-state index contributed by atoms with van der Waals surface area (Å²) in [5.74, 6) is 0. The van der Waals surface area contributed by atoms with E-state index in [2.05, 4.69) is 19.1 Å². The van der Waals surface area contributed by atoms with Crippen LogP contribution in [0.3, 0.4) is 0 Å².